The second-order valence-corrected chi connectivity index (χ2v) is 12.2. The molecule has 0 aliphatic heterocycles. The lowest BCUT2D eigenvalue weighted by Crippen LogP contribution is -2.21. The lowest BCUT2D eigenvalue weighted by atomic mass is 9.78. The molecule has 0 aromatic heterocycles. The number of aryl methyl sites for hydroxylation is 2. The number of benzene rings is 5. The minimum atomic E-state index is 0.391. The molecule has 3 aliphatic carbocycles. The van der Waals surface area contributed by atoms with E-state index in [1.807, 2.05) is 0 Å². The monoisotopic (exact) mass is 568 g/mol. The predicted molar refractivity (Wildman–Crippen MR) is 189 cm³/mol. The number of anilines is 5. The van der Waals surface area contributed by atoms with E-state index in [0.29, 0.717) is 5.92 Å². The normalized spacial score (nSPS) is 16.2. The summed E-state index contributed by atoms with van der Waals surface area (Å²) in [5, 5.41) is 2.67. The second-order valence-electron chi connectivity index (χ2n) is 12.2. The fourth-order valence-electron chi connectivity index (χ4n) is 7.26. The quantitative estimate of drug-likeness (QED) is 0.201. The van der Waals surface area contributed by atoms with E-state index in [1.165, 1.54) is 67.0 Å². The van der Waals surface area contributed by atoms with E-state index in [1.54, 1.807) is 0 Å². The summed E-state index contributed by atoms with van der Waals surface area (Å²) in [7, 11) is 0. The Balaban J connectivity index is 1.50. The summed E-state index contributed by atoms with van der Waals surface area (Å²) in [5.41, 5.74) is 13.9. The molecule has 5 aromatic rings. The summed E-state index contributed by atoms with van der Waals surface area (Å²) in [6.07, 6.45) is 19.4. The Bertz CT molecular complexity index is 2020. The average molecular weight is 569 g/mol. The summed E-state index contributed by atoms with van der Waals surface area (Å²) in [4.78, 5) is 4.98. The maximum atomic E-state index is 2.52. The van der Waals surface area contributed by atoms with E-state index in [4.69, 9.17) is 0 Å². The average Bonchev–Trinajstić information content (AvgIpc) is 3.06. The highest BCUT2D eigenvalue weighted by molar-refractivity contribution is 6.11. The van der Waals surface area contributed by atoms with Gasteiger partial charge in [0.2, 0.25) is 0 Å². The first kappa shape index (κ1) is 26.5. The van der Waals surface area contributed by atoms with Gasteiger partial charge in [0.05, 0.1) is 11.4 Å². The van der Waals surface area contributed by atoms with Gasteiger partial charge in [-0.05, 0) is 109 Å². The Hall–Kier alpha value is -5.08. The fraction of sp³-hybridized carbons (Fsp3) is 0.143. The van der Waals surface area contributed by atoms with Gasteiger partial charge in [0.1, 0.15) is 0 Å². The smallest absolute Gasteiger partial charge is 0.0561 e. The first-order valence-electron chi connectivity index (χ1n) is 15.8. The van der Waals surface area contributed by atoms with Crippen LogP contribution in [0, 0.1) is 13.8 Å². The van der Waals surface area contributed by atoms with Gasteiger partial charge < -0.3 is 9.80 Å². The highest BCUT2D eigenvalue weighted by Crippen LogP contribution is 2.52. The molecule has 2 nitrogen and oxygen atoms in total. The molecule has 0 saturated heterocycles. The van der Waals surface area contributed by atoms with Gasteiger partial charge in [0, 0.05) is 39.6 Å². The van der Waals surface area contributed by atoms with Crippen LogP contribution in [0.4, 0.5) is 28.4 Å². The van der Waals surface area contributed by atoms with Gasteiger partial charge in [-0.3, -0.25) is 0 Å². The van der Waals surface area contributed by atoms with Crippen LogP contribution in [0.1, 0.15) is 53.0 Å². The molecule has 3 aliphatic rings. The molecule has 0 radical (unpaired) electrons. The first-order valence-corrected chi connectivity index (χ1v) is 15.8. The van der Waals surface area contributed by atoms with E-state index in [-0.39, 0.29) is 0 Å². The van der Waals surface area contributed by atoms with Crippen molar-refractivity contribution in [2.24, 2.45) is 0 Å². The molecule has 5 aromatic carbocycles. The highest BCUT2D eigenvalue weighted by atomic mass is 15.2. The zero-order chi connectivity index (χ0) is 29.6. The van der Waals surface area contributed by atoms with Crippen molar-refractivity contribution in [2.75, 3.05) is 9.80 Å². The van der Waals surface area contributed by atoms with Crippen LogP contribution in [0.5, 0.6) is 0 Å². The Morgan fingerprint density at radius 1 is 0.659 bits per heavy atom. The molecule has 0 fully saturated rings. The Kier molecular flexibility index (Phi) is 6.56. The number of allylic oxidation sites excluding steroid dienone is 6. The van der Waals surface area contributed by atoms with Crippen molar-refractivity contribution in [3.8, 4) is 0 Å². The predicted octanol–water partition coefficient (Wildman–Crippen LogP) is 11.8. The standard InChI is InChI=1S/C42H36N2/c1-29-12-9-20-35(26-29)43(33-16-5-3-6-17-33)39-28-40(44(34-18-7-4-8-19-34)36-21-10-13-30(2)27-36)38-25-23-32-15-11-14-31-22-24-37(39)42(38)41(31)32/h3-7,9-14,16-18,20-28,32H,8,15,19H2,1-2H3. The third-order valence-electron chi connectivity index (χ3n) is 9.22. The van der Waals surface area contributed by atoms with Crippen LogP contribution in [0.2, 0.25) is 0 Å². The summed E-state index contributed by atoms with van der Waals surface area (Å²) >= 11 is 0. The molecule has 0 N–H and O–H groups in total. The van der Waals surface area contributed by atoms with Crippen LogP contribution < -0.4 is 9.80 Å². The third-order valence-corrected chi connectivity index (χ3v) is 9.22. The van der Waals surface area contributed by atoms with Crippen LogP contribution in [0.3, 0.4) is 0 Å². The van der Waals surface area contributed by atoms with Gasteiger partial charge in [-0.1, -0.05) is 91.1 Å². The topological polar surface area (TPSA) is 6.48 Å². The largest absolute Gasteiger partial charge is 0.314 e. The van der Waals surface area contributed by atoms with Crippen LogP contribution in [-0.4, -0.2) is 0 Å². The minimum absolute atomic E-state index is 0.391. The summed E-state index contributed by atoms with van der Waals surface area (Å²) in [6, 6.07) is 35.8. The van der Waals surface area contributed by atoms with Crippen molar-refractivity contribution >= 4 is 51.4 Å². The molecule has 2 heteroatoms. The summed E-state index contributed by atoms with van der Waals surface area (Å²) in [5.74, 6) is 0.391. The molecule has 0 spiro atoms. The van der Waals surface area contributed by atoms with Crippen LogP contribution in [-0.2, 0) is 0 Å². The third kappa shape index (κ3) is 4.50. The van der Waals surface area contributed by atoms with Gasteiger partial charge in [-0.2, -0.15) is 0 Å². The number of hydrogen-bond acceptors (Lipinski definition) is 2. The molecule has 8 rings (SSSR count). The van der Waals surface area contributed by atoms with Gasteiger partial charge in [-0.15, -0.1) is 0 Å². The molecule has 0 bridgehead atoms. The fourth-order valence-corrected chi connectivity index (χ4v) is 7.26. The van der Waals surface area contributed by atoms with Crippen molar-refractivity contribution in [3.05, 3.63) is 161 Å². The maximum Gasteiger partial charge on any atom is 0.0561 e. The van der Waals surface area contributed by atoms with Crippen LogP contribution in [0.25, 0.3) is 22.9 Å². The number of rotatable bonds is 6. The molecule has 0 amide bonds. The lowest BCUT2D eigenvalue weighted by molar-refractivity contribution is 0.860. The molecule has 0 saturated carbocycles. The Morgan fingerprint density at radius 2 is 1.41 bits per heavy atom. The summed E-state index contributed by atoms with van der Waals surface area (Å²) < 4.78 is 0. The van der Waals surface area contributed by atoms with E-state index in [0.717, 1.165) is 24.9 Å². The van der Waals surface area contributed by atoms with Crippen LogP contribution in [0.15, 0.2) is 133 Å². The first-order chi connectivity index (χ1) is 21.7. The lowest BCUT2D eigenvalue weighted by Gasteiger charge is -2.36. The van der Waals surface area contributed by atoms with Gasteiger partial charge >= 0.3 is 0 Å². The van der Waals surface area contributed by atoms with Crippen molar-refractivity contribution < 1.29 is 0 Å². The molecular formula is C42H36N2. The van der Waals surface area contributed by atoms with E-state index >= 15 is 0 Å². The zero-order valence-electron chi connectivity index (χ0n) is 25.4. The van der Waals surface area contributed by atoms with Crippen molar-refractivity contribution in [3.63, 3.8) is 0 Å². The number of para-hydroxylation sites is 1. The Morgan fingerprint density at radius 3 is 2.14 bits per heavy atom. The SMILES string of the molecule is Cc1cccc(N(C2=CC=CCC2)c2cc(N(c3ccccc3)c3cccc(C)c3)c3ccc4c5c3c2C=CC5CC=C4)c1. The van der Waals surface area contributed by atoms with E-state index < -0.39 is 0 Å². The molecule has 1 atom stereocenters. The molecule has 44 heavy (non-hydrogen) atoms. The van der Waals surface area contributed by atoms with E-state index in [2.05, 4.69) is 163 Å². The van der Waals surface area contributed by atoms with Crippen molar-refractivity contribution in [2.45, 2.75) is 39.0 Å². The van der Waals surface area contributed by atoms with Crippen molar-refractivity contribution in [1.82, 2.24) is 0 Å². The number of nitrogens with zero attached hydrogens (tertiary/aromatic N) is 2. The van der Waals surface area contributed by atoms with Gasteiger partial charge in [0.25, 0.3) is 0 Å². The molecule has 1 unspecified atom stereocenters. The van der Waals surface area contributed by atoms with Crippen LogP contribution >= 0.6 is 0 Å². The second kappa shape index (κ2) is 10.9. The molecule has 214 valence electrons. The maximum absolute atomic E-state index is 2.52. The number of hydrogen-bond donors (Lipinski definition) is 0. The molecular weight excluding hydrogens is 532 g/mol. The van der Waals surface area contributed by atoms with Crippen molar-refractivity contribution in [1.29, 1.82) is 0 Å². The minimum Gasteiger partial charge on any atom is -0.314 e. The molecule has 0 heterocycles. The Labute approximate surface area is 260 Å². The zero-order valence-corrected chi connectivity index (χ0v) is 25.4. The summed E-state index contributed by atoms with van der Waals surface area (Å²) in [6.45, 7) is 4.37. The van der Waals surface area contributed by atoms with Gasteiger partial charge in [0.15, 0.2) is 0 Å². The van der Waals surface area contributed by atoms with Gasteiger partial charge in [-0.25, -0.2) is 0 Å². The highest BCUT2D eigenvalue weighted by Gasteiger charge is 2.30. The van der Waals surface area contributed by atoms with E-state index in [9.17, 15) is 0 Å².